The highest BCUT2D eigenvalue weighted by atomic mass is 16.5. The van der Waals surface area contributed by atoms with Crippen molar-refractivity contribution in [3.05, 3.63) is 0 Å². The van der Waals surface area contributed by atoms with E-state index in [1.54, 1.807) is 0 Å². The topological polar surface area (TPSA) is 38.5 Å². The number of nitrogens with two attached hydrogens (primary N) is 1. The molecule has 1 aliphatic heterocycles. The number of rotatable bonds is 6. The van der Waals surface area contributed by atoms with Crippen LogP contribution in [-0.2, 0) is 4.74 Å². The Morgan fingerprint density at radius 2 is 2.06 bits per heavy atom. The number of hydrogen-bond acceptors (Lipinski definition) is 3. The second-order valence-corrected chi connectivity index (χ2v) is 6.16. The summed E-state index contributed by atoms with van der Waals surface area (Å²) in [5.74, 6) is 0.738. The molecule has 0 amide bonds. The minimum Gasteiger partial charge on any atom is -0.381 e. The van der Waals surface area contributed by atoms with E-state index in [-0.39, 0.29) is 0 Å². The average Bonchev–Trinajstić information content (AvgIpc) is 2.92. The predicted octanol–water partition coefficient (Wildman–Crippen LogP) is 2.40. The van der Waals surface area contributed by atoms with Crippen LogP contribution in [0.15, 0.2) is 0 Å². The van der Waals surface area contributed by atoms with E-state index in [1.807, 2.05) is 0 Å². The van der Waals surface area contributed by atoms with Gasteiger partial charge >= 0.3 is 0 Å². The minimum absolute atomic E-state index is 0.302. The first-order valence-electron chi connectivity index (χ1n) is 7.83. The molecule has 2 fully saturated rings. The van der Waals surface area contributed by atoms with E-state index in [4.69, 9.17) is 10.5 Å². The molecule has 1 unspecified atom stereocenters. The summed E-state index contributed by atoms with van der Waals surface area (Å²) in [5.41, 5.74) is 6.47. The molecule has 106 valence electrons. The van der Waals surface area contributed by atoms with Gasteiger partial charge in [-0.3, -0.25) is 4.90 Å². The van der Waals surface area contributed by atoms with Gasteiger partial charge in [0.15, 0.2) is 0 Å². The molecular weight excluding hydrogens is 224 g/mol. The third-order valence-electron chi connectivity index (χ3n) is 4.83. The largest absolute Gasteiger partial charge is 0.381 e. The Morgan fingerprint density at radius 1 is 1.28 bits per heavy atom. The van der Waals surface area contributed by atoms with Crippen LogP contribution in [0, 0.1) is 5.92 Å². The van der Waals surface area contributed by atoms with Crippen LogP contribution in [0.3, 0.4) is 0 Å². The van der Waals surface area contributed by atoms with Gasteiger partial charge in [0.05, 0.1) is 6.61 Å². The Bertz CT molecular complexity index is 233. The summed E-state index contributed by atoms with van der Waals surface area (Å²) in [5, 5.41) is 0. The molecule has 0 spiro atoms. The molecule has 2 aliphatic rings. The van der Waals surface area contributed by atoms with E-state index < -0.39 is 0 Å². The molecule has 18 heavy (non-hydrogen) atoms. The zero-order valence-corrected chi connectivity index (χ0v) is 12.0. The van der Waals surface area contributed by atoms with Gasteiger partial charge in [0.2, 0.25) is 0 Å². The van der Waals surface area contributed by atoms with Gasteiger partial charge in [-0.2, -0.15) is 0 Å². The summed E-state index contributed by atoms with van der Waals surface area (Å²) in [6, 6.07) is 0. The smallest absolute Gasteiger partial charge is 0.0507 e. The van der Waals surface area contributed by atoms with E-state index in [0.717, 1.165) is 25.7 Å². The van der Waals surface area contributed by atoms with E-state index in [9.17, 15) is 0 Å². The molecule has 0 radical (unpaired) electrons. The van der Waals surface area contributed by atoms with Crippen molar-refractivity contribution in [3.63, 3.8) is 0 Å². The van der Waals surface area contributed by atoms with E-state index in [0.29, 0.717) is 5.54 Å². The van der Waals surface area contributed by atoms with Crippen molar-refractivity contribution in [1.29, 1.82) is 0 Å². The maximum absolute atomic E-state index is 6.17. The molecule has 1 aliphatic carbocycles. The van der Waals surface area contributed by atoms with Crippen LogP contribution in [-0.4, -0.2) is 43.3 Å². The molecule has 1 atom stereocenters. The Labute approximate surface area is 112 Å². The monoisotopic (exact) mass is 254 g/mol. The molecule has 0 aromatic rings. The number of nitrogens with zero attached hydrogens (tertiary/aromatic N) is 1. The second kappa shape index (κ2) is 6.88. The standard InChI is InChI=1S/C15H30N2O/c1-2-9-17(11-14-6-10-18-12-14)15(13-16)7-4-3-5-8-15/h14H,2-13,16H2,1H3. The summed E-state index contributed by atoms with van der Waals surface area (Å²) >= 11 is 0. The molecule has 3 heteroatoms. The lowest BCUT2D eigenvalue weighted by Crippen LogP contribution is -2.56. The van der Waals surface area contributed by atoms with Gasteiger partial charge in [0, 0.05) is 25.2 Å². The minimum atomic E-state index is 0.302. The number of ether oxygens (including phenoxy) is 1. The van der Waals surface area contributed by atoms with Crippen LogP contribution in [0.1, 0.15) is 51.9 Å². The first kappa shape index (κ1) is 14.3. The molecule has 3 nitrogen and oxygen atoms in total. The van der Waals surface area contributed by atoms with Gasteiger partial charge in [-0.15, -0.1) is 0 Å². The fourth-order valence-electron chi connectivity index (χ4n) is 3.69. The molecule has 2 N–H and O–H groups in total. The molecule has 0 bridgehead atoms. The molecule has 1 saturated heterocycles. The molecular formula is C15H30N2O. The first-order valence-corrected chi connectivity index (χ1v) is 7.83. The summed E-state index contributed by atoms with van der Waals surface area (Å²) in [4.78, 5) is 2.71. The van der Waals surface area contributed by atoms with Crippen LogP contribution in [0.2, 0.25) is 0 Å². The fraction of sp³-hybridized carbons (Fsp3) is 1.00. The van der Waals surface area contributed by atoms with Gasteiger partial charge in [0.1, 0.15) is 0 Å². The highest BCUT2D eigenvalue weighted by molar-refractivity contribution is 4.95. The maximum atomic E-state index is 6.17. The Balaban J connectivity index is 2.00. The van der Waals surface area contributed by atoms with Gasteiger partial charge in [0.25, 0.3) is 0 Å². The average molecular weight is 254 g/mol. The van der Waals surface area contributed by atoms with Crippen LogP contribution in [0.4, 0.5) is 0 Å². The van der Waals surface area contributed by atoms with Gasteiger partial charge in [-0.25, -0.2) is 0 Å². The summed E-state index contributed by atoms with van der Waals surface area (Å²) in [6.07, 6.45) is 9.19. The van der Waals surface area contributed by atoms with Crippen LogP contribution in [0.5, 0.6) is 0 Å². The molecule has 2 rings (SSSR count). The van der Waals surface area contributed by atoms with Crippen molar-refractivity contribution in [2.45, 2.75) is 57.4 Å². The van der Waals surface area contributed by atoms with Crippen molar-refractivity contribution in [2.75, 3.05) is 32.8 Å². The highest BCUT2D eigenvalue weighted by Gasteiger charge is 2.37. The van der Waals surface area contributed by atoms with Crippen molar-refractivity contribution in [1.82, 2.24) is 4.90 Å². The van der Waals surface area contributed by atoms with Crippen molar-refractivity contribution in [2.24, 2.45) is 11.7 Å². The van der Waals surface area contributed by atoms with Gasteiger partial charge < -0.3 is 10.5 Å². The SMILES string of the molecule is CCCN(CC1CCOC1)C1(CN)CCCCC1. The molecule has 1 heterocycles. The second-order valence-electron chi connectivity index (χ2n) is 6.16. The Kier molecular flexibility index (Phi) is 5.46. The first-order chi connectivity index (χ1) is 8.80. The fourth-order valence-corrected chi connectivity index (χ4v) is 3.69. The zero-order valence-electron chi connectivity index (χ0n) is 12.0. The lowest BCUT2D eigenvalue weighted by molar-refractivity contribution is 0.0401. The third kappa shape index (κ3) is 3.25. The van der Waals surface area contributed by atoms with Crippen molar-refractivity contribution >= 4 is 0 Å². The normalized spacial score (nSPS) is 27.8. The lowest BCUT2D eigenvalue weighted by atomic mass is 9.79. The maximum Gasteiger partial charge on any atom is 0.0507 e. The zero-order chi connectivity index (χ0) is 12.8. The van der Waals surface area contributed by atoms with Gasteiger partial charge in [-0.1, -0.05) is 26.2 Å². The van der Waals surface area contributed by atoms with Gasteiger partial charge in [-0.05, 0) is 38.1 Å². The quantitative estimate of drug-likeness (QED) is 0.791. The van der Waals surface area contributed by atoms with E-state index >= 15 is 0 Å². The van der Waals surface area contributed by atoms with E-state index in [1.165, 1.54) is 58.0 Å². The Hall–Kier alpha value is -0.120. The van der Waals surface area contributed by atoms with Crippen LogP contribution < -0.4 is 5.73 Å². The number of hydrogen-bond donors (Lipinski definition) is 1. The van der Waals surface area contributed by atoms with E-state index in [2.05, 4.69) is 11.8 Å². The lowest BCUT2D eigenvalue weighted by Gasteiger charge is -2.47. The Morgan fingerprint density at radius 3 is 2.61 bits per heavy atom. The summed E-state index contributed by atoms with van der Waals surface area (Å²) < 4.78 is 5.53. The predicted molar refractivity (Wildman–Crippen MR) is 75.7 cm³/mol. The highest BCUT2D eigenvalue weighted by Crippen LogP contribution is 2.34. The van der Waals surface area contributed by atoms with Crippen molar-refractivity contribution < 1.29 is 4.74 Å². The third-order valence-corrected chi connectivity index (χ3v) is 4.83. The summed E-state index contributed by atoms with van der Waals surface area (Å²) in [6.45, 7) is 7.44. The van der Waals surface area contributed by atoms with Crippen LogP contribution >= 0.6 is 0 Å². The summed E-state index contributed by atoms with van der Waals surface area (Å²) in [7, 11) is 0. The van der Waals surface area contributed by atoms with Crippen LogP contribution in [0.25, 0.3) is 0 Å². The molecule has 0 aromatic carbocycles. The molecule has 1 saturated carbocycles. The molecule has 0 aromatic heterocycles. The van der Waals surface area contributed by atoms with Crippen molar-refractivity contribution in [3.8, 4) is 0 Å².